The highest BCUT2D eigenvalue weighted by molar-refractivity contribution is 7.89. The Labute approximate surface area is 132 Å². The molecular formula is C14H16N4O2S2. The van der Waals surface area contributed by atoms with E-state index < -0.39 is 10.0 Å². The standard InChI is InChI=1S/C14H16N4O2S2/c1-3-12-17-18-13(10(2)16-14(18)21-12)22(19,20)15-9-11-7-5-4-6-8-11/h4-8,15H,3,9H2,1-2H3. The van der Waals surface area contributed by atoms with Crippen LogP contribution in [-0.2, 0) is 23.0 Å². The zero-order chi connectivity index (χ0) is 15.7. The van der Waals surface area contributed by atoms with Crippen molar-refractivity contribution in [1.82, 2.24) is 19.3 Å². The molecule has 0 saturated carbocycles. The predicted octanol–water partition coefficient (Wildman–Crippen LogP) is 2.14. The van der Waals surface area contributed by atoms with E-state index in [4.69, 9.17) is 0 Å². The number of nitrogens with one attached hydrogen (secondary N) is 1. The van der Waals surface area contributed by atoms with Crippen LogP contribution in [0.5, 0.6) is 0 Å². The molecule has 0 unspecified atom stereocenters. The minimum absolute atomic E-state index is 0.120. The molecule has 22 heavy (non-hydrogen) atoms. The molecule has 1 aromatic carbocycles. The lowest BCUT2D eigenvalue weighted by atomic mass is 10.2. The molecule has 6 nitrogen and oxygen atoms in total. The van der Waals surface area contributed by atoms with Gasteiger partial charge in [0.05, 0.1) is 5.69 Å². The van der Waals surface area contributed by atoms with Crippen molar-refractivity contribution in [2.45, 2.75) is 31.8 Å². The van der Waals surface area contributed by atoms with Crippen LogP contribution in [0.2, 0.25) is 0 Å². The minimum Gasteiger partial charge on any atom is -0.221 e. The Morgan fingerprint density at radius 2 is 2.00 bits per heavy atom. The van der Waals surface area contributed by atoms with E-state index in [-0.39, 0.29) is 11.6 Å². The van der Waals surface area contributed by atoms with Gasteiger partial charge in [-0.15, -0.1) is 0 Å². The summed E-state index contributed by atoms with van der Waals surface area (Å²) in [5, 5.41) is 5.31. The maximum atomic E-state index is 12.6. The number of hydrogen-bond acceptors (Lipinski definition) is 5. The van der Waals surface area contributed by atoms with Crippen molar-refractivity contribution >= 4 is 26.3 Å². The van der Waals surface area contributed by atoms with Gasteiger partial charge in [0.25, 0.3) is 10.0 Å². The van der Waals surface area contributed by atoms with Crippen LogP contribution in [0.3, 0.4) is 0 Å². The van der Waals surface area contributed by atoms with E-state index in [1.165, 1.54) is 15.9 Å². The molecule has 0 aliphatic rings. The van der Waals surface area contributed by atoms with Crippen LogP contribution in [0.25, 0.3) is 4.96 Å². The topological polar surface area (TPSA) is 76.4 Å². The molecule has 0 spiro atoms. The van der Waals surface area contributed by atoms with Gasteiger partial charge in [-0.25, -0.2) is 18.1 Å². The van der Waals surface area contributed by atoms with E-state index in [0.29, 0.717) is 10.7 Å². The third kappa shape index (κ3) is 2.77. The number of nitrogens with zero attached hydrogens (tertiary/aromatic N) is 3. The summed E-state index contributed by atoms with van der Waals surface area (Å²) in [7, 11) is -3.67. The van der Waals surface area contributed by atoms with E-state index in [2.05, 4.69) is 14.8 Å². The van der Waals surface area contributed by atoms with E-state index in [9.17, 15) is 8.42 Å². The smallest absolute Gasteiger partial charge is 0.221 e. The predicted molar refractivity (Wildman–Crippen MR) is 85.4 cm³/mol. The summed E-state index contributed by atoms with van der Waals surface area (Å²) in [6.07, 6.45) is 0.754. The molecule has 2 aromatic heterocycles. The van der Waals surface area contributed by atoms with Gasteiger partial charge in [0.15, 0.2) is 5.03 Å². The van der Waals surface area contributed by atoms with Crippen molar-refractivity contribution in [2.24, 2.45) is 0 Å². The van der Waals surface area contributed by atoms with Crippen molar-refractivity contribution in [3.8, 4) is 0 Å². The summed E-state index contributed by atoms with van der Waals surface area (Å²) in [6, 6.07) is 9.39. The summed E-state index contributed by atoms with van der Waals surface area (Å²) in [5.74, 6) is 0. The number of aromatic nitrogens is 3. The highest BCUT2D eigenvalue weighted by Crippen LogP contribution is 2.22. The fraction of sp³-hybridized carbons (Fsp3) is 0.286. The van der Waals surface area contributed by atoms with Gasteiger partial charge in [-0.2, -0.15) is 9.61 Å². The Balaban J connectivity index is 1.94. The van der Waals surface area contributed by atoms with Crippen LogP contribution in [-0.4, -0.2) is 23.0 Å². The van der Waals surface area contributed by atoms with Gasteiger partial charge in [-0.05, 0) is 18.9 Å². The molecule has 0 aliphatic heterocycles. The van der Waals surface area contributed by atoms with Crippen LogP contribution in [0, 0.1) is 6.92 Å². The molecule has 0 atom stereocenters. The van der Waals surface area contributed by atoms with Gasteiger partial charge >= 0.3 is 0 Å². The van der Waals surface area contributed by atoms with Gasteiger partial charge in [-0.3, -0.25) is 0 Å². The summed E-state index contributed by atoms with van der Waals surface area (Å²) >= 11 is 1.41. The van der Waals surface area contributed by atoms with Crippen molar-refractivity contribution in [1.29, 1.82) is 0 Å². The minimum atomic E-state index is -3.67. The molecule has 2 heterocycles. The number of aryl methyl sites for hydroxylation is 2. The fourth-order valence-electron chi connectivity index (χ4n) is 2.16. The maximum absolute atomic E-state index is 12.6. The Hall–Kier alpha value is -1.77. The largest absolute Gasteiger partial charge is 0.260 e. The zero-order valence-electron chi connectivity index (χ0n) is 12.3. The van der Waals surface area contributed by atoms with Gasteiger partial charge in [0.1, 0.15) is 5.01 Å². The number of imidazole rings is 1. The molecule has 0 saturated heterocycles. The molecule has 1 N–H and O–H groups in total. The van der Waals surface area contributed by atoms with Crippen molar-refractivity contribution in [2.75, 3.05) is 0 Å². The first-order valence-corrected chi connectivity index (χ1v) is 9.20. The Morgan fingerprint density at radius 3 is 2.68 bits per heavy atom. The maximum Gasteiger partial charge on any atom is 0.260 e. The molecule has 8 heteroatoms. The molecule has 0 aliphatic carbocycles. The highest BCUT2D eigenvalue weighted by atomic mass is 32.2. The first-order chi connectivity index (χ1) is 10.5. The normalized spacial score (nSPS) is 12.1. The number of fused-ring (bicyclic) bond motifs is 1. The van der Waals surface area contributed by atoms with Crippen LogP contribution < -0.4 is 4.72 Å². The number of benzene rings is 1. The second-order valence-corrected chi connectivity index (χ2v) is 7.58. The SMILES string of the molecule is CCc1nn2c(S(=O)(=O)NCc3ccccc3)c(C)nc2s1. The Bertz CT molecular complexity index is 898. The third-order valence-electron chi connectivity index (χ3n) is 3.23. The Morgan fingerprint density at radius 1 is 1.27 bits per heavy atom. The van der Waals surface area contributed by atoms with E-state index in [1.54, 1.807) is 6.92 Å². The van der Waals surface area contributed by atoms with Gasteiger partial charge in [-0.1, -0.05) is 48.6 Å². The molecule has 3 aromatic rings. The molecule has 0 amide bonds. The molecular weight excluding hydrogens is 320 g/mol. The fourth-order valence-corrected chi connectivity index (χ4v) is 4.38. The average molecular weight is 336 g/mol. The molecule has 0 radical (unpaired) electrons. The van der Waals surface area contributed by atoms with Gasteiger partial charge in [0, 0.05) is 6.54 Å². The first kappa shape index (κ1) is 15.1. The van der Waals surface area contributed by atoms with Gasteiger partial charge in [0.2, 0.25) is 4.96 Å². The summed E-state index contributed by atoms with van der Waals surface area (Å²) in [6.45, 7) is 3.90. The highest BCUT2D eigenvalue weighted by Gasteiger charge is 2.25. The van der Waals surface area contributed by atoms with Crippen LogP contribution in [0.15, 0.2) is 35.4 Å². The van der Waals surface area contributed by atoms with Crippen LogP contribution >= 0.6 is 11.3 Å². The number of hydrogen-bond donors (Lipinski definition) is 1. The lowest BCUT2D eigenvalue weighted by molar-refractivity contribution is 0.572. The van der Waals surface area contributed by atoms with E-state index >= 15 is 0 Å². The summed E-state index contributed by atoms with van der Waals surface area (Å²) in [4.78, 5) is 4.91. The molecule has 3 rings (SSSR count). The average Bonchev–Trinajstić information content (AvgIpc) is 3.02. The number of rotatable bonds is 5. The molecule has 0 fully saturated rings. The second kappa shape index (κ2) is 5.79. The zero-order valence-corrected chi connectivity index (χ0v) is 13.9. The number of sulfonamides is 1. The van der Waals surface area contributed by atoms with E-state index in [0.717, 1.165) is 17.0 Å². The third-order valence-corrected chi connectivity index (χ3v) is 5.79. The van der Waals surface area contributed by atoms with Crippen LogP contribution in [0.4, 0.5) is 0 Å². The molecule has 116 valence electrons. The lowest BCUT2D eigenvalue weighted by Gasteiger charge is -2.06. The molecule has 0 bridgehead atoms. The lowest BCUT2D eigenvalue weighted by Crippen LogP contribution is -2.25. The first-order valence-electron chi connectivity index (χ1n) is 6.90. The second-order valence-electron chi connectivity index (χ2n) is 4.86. The summed E-state index contributed by atoms with van der Waals surface area (Å²) in [5.41, 5.74) is 1.36. The summed E-state index contributed by atoms with van der Waals surface area (Å²) < 4.78 is 29.2. The van der Waals surface area contributed by atoms with E-state index in [1.807, 2.05) is 37.3 Å². The van der Waals surface area contributed by atoms with Crippen molar-refractivity contribution in [3.05, 3.63) is 46.6 Å². The van der Waals surface area contributed by atoms with Crippen molar-refractivity contribution < 1.29 is 8.42 Å². The monoisotopic (exact) mass is 336 g/mol. The Kier molecular flexibility index (Phi) is 3.98. The van der Waals surface area contributed by atoms with Crippen LogP contribution in [0.1, 0.15) is 23.2 Å². The van der Waals surface area contributed by atoms with Crippen molar-refractivity contribution in [3.63, 3.8) is 0 Å². The van der Waals surface area contributed by atoms with Gasteiger partial charge < -0.3 is 0 Å². The quantitative estimate of drug-likeness (QED) is 0.774.